The number of hydrogen-bond acceptors (Lipinski definition) is 2. The molecule has 0 aromatic carbocycles. The zero-order chi connectivity index (χ0) is 9.30. The molecule has 12 heavy (non-hydrogen) atoms. The van der Waals surface area contributed by atoms with E-state index in [4.69, 9.17) is 28.3 Å². The second kappa shape index (κ2) is 3.41. The maximum Gasteiger partial charge on any atom is 0.267 e. The Labute approximate surface area is 76.7 Å². The predicted molar refractivity (Wildman–Crippen MR) is 40.9 cm³/mol. The molecule has 0 unspecified atom stereocenters. The molecular weight excluding hydrogens is 211 g/mol. The molecule has 0 saturated carbocycles. The highest BCUT2D eigenvalue weighted by atomic mass is 35.5. The molecule has 6 heteroatoms. The Morgan fingerprint density at radius 3 is 2.50 bits per heavy atom. The summed E-state index contributed by atoms with van der Waals surface area (Å²) in [6.07, 6.45) is -2.82. The van der Waals surface area contributed by atoms with Gasteiger partial charge in [-0.3, -0.25) is 0 Å². The molecule has 1 N–H and O–H groups in total. The molecule has 66 valence electrons. The van der Waals surface area contributed by atoms with Crippen molar-refractivity contribution in [3.05, 3.63) is 21.9 Å². The minimum Gasteiger partial charge on any atom is -0.504 e. The van der Waals surface area contributed by atoms with Gasteiger partial charge in [-0.05, 0) is 6.07 Å². The van der Waals surface area contributed by atoms with E-state index < -0.39 is 22.9 Å². The van der Waals surface area contributed by atoms with Crippen molar-refractivity contribution in [2.45, 2.75) is 6.43 Å². The monoisotopic (exact) mass is 213 g/mol. The van der Waals surface area contributed by atoms with Crippen molar-refractivity contribution in [3.63, 3.8) is 0 Å². The van der Waals surface area contributed by atoms with Gasteiger partial charge in [0, 0.05) is 0 Å². The van der Waals surface area contributed by atoms with Gasteiger partial charge >= 0.3 is 0 Å². The molecule has 0 radical (unpaired) electrons. The number of pyridine rings is 1. The number of aromatic hydroxyl groups is 1. The molecule has 0 amide bonds. The van der Waals surface area contributed by atoms with Crippen LogP contribution in [-0.2, 0) is 0 Å². The van der Waals surface area contributed by atoms with Crippen LogP contribution in [0.4, 0.5) is 8.78 Å². The lowest BCUT2D eigenvalue weighted by Crippen LogP contribution is -1.89. The zero-order valence-corrected chi connectivity index (χ0v) is 7.07. The van der Waals surface area contributed by atoms with Gasteiger partial charge < -0.3 is 5.11 Å². The van der Waals surface area contributed by atoms with Crippen LogP contribution in [0.2, 0.25) is 10.3 Å². The van der Waals surface area contributed by atoms with E-state index in [1.807, 2.05) is 0 Å². The summed E-state index contributed by atoms with van der Waals surface area (Å²) in [5.41, 5.74) is -0.611. The van der Waals surface area contributed by atoms with E-state index in [1.165, 1.54) is 0 Å². The summed E-state index contributed by atoms with van der Waals surface area (Å²) in [5, 5.41) is 8.37. The predicted octanol–water partition coefficient (Wildman–Crippen LogP) is 3.03. The molecular formula is C6H3Cl2F2NO. The van der Waals surface area contributed by atoms with Crippen LogP contribution in [0.25, 0.3) is 0 Å². The van der Waals surface area contributed by atoms with Crippen molar-refractivity contribution in [3.8, 4) is 5.75 Å². The molecule has 1 rings (SSSR count). The van der Waals surface area contributed by atoms with E-state index in [2.05, 4.69) is 4.98 Å². The van der Waals surface area contributed by atoms with Crippen LogP contribution in [-0.4, -0.2) is 10.1 Å². The number of hydrogen-bond donors (Lipinski definition) is 1. The van der Waals surface area contributed by atoms with Gasteiger partial charge in [0.25, 0.3) is 6.43 Å². The van der Waals surface area contributed by atoms with Gasteiger partial charge in [0.1, 0.15) is 5.15 Å². The fraction of sp³-hybridized carbons (Fsp3) is 0.167. The molecule has 1 aromatic heterocycles. The number of alkyl halides is 2. The van der Waals surface area contributed by atoms with Gasteiger partial charge in [0.2, 0.25) is 0 Å². The third kappa shape index (κ3) is 1.76. The zero-order valence-electron chi connectivity index (χ0n) is 5.56. The standard InChI is InChI=1S/C6H3Cl2F2NO/c7-3-1-2(6(9)10)4(12)5(8)11-3/h1,6,12H. The van der Waals surface area contributed by atoms with Crippen LogP contribution in [0.5, 0.6) is 5.75 Å². The molecule has 2 nitrogen and oxygen atoms in total. The molecule has 0 aliphatic heterocycles. The van der Waals surface area contributed by atoms with Crippen LogP contribution in [0.3, 0.4) is 0 Å². The lowest BCUT2D eigenvalue weighted by molar-refractivity contribution is 0.147. The van der Waals surface area contributed by atoms with Gasteiger partial charge in [0.05, 0.1) is 5.56 Å². The van der Waals surface area contributed by atoms with Gasteiger partial charge in [-0.2, -0.15) is 0 Å². The number of halogens is 4. The minimum atomic E-state index is -2.82. The molecule has 0 aliphatic rings. The van der Waals surface area contributed by atoms with Crippen molar-refractivity contribution >= 4 is 23.2 Å². The van der Waals surface area contributed by atoms with Crippen molar-refractivity contribution in [2.75, 3.05) is 0 Å². The molecule has 0 spiro atoms. The van der Waals surface area contributed by atoms with E-state index in [0.29, 0.717) is 0 Å². The number of nitrogens with zero attached hydrogens (tertiary/aromatic N) is 1. The molecule has 0 bridgehead atoms. The van der Waals surface area contributed by atoms with Gasteiger partial charge in [-0.15, -0.1) is 0 Å². The summed E-state index contributed by atoms with van der Waals surface area (Å²) in [6.45, 7) is 0. The van der Waals surface area contributed by atoms with E-state index >= 15 is 0 Å². The van der Waals surface area contributed by atoms with Crippen LogP contribution < -0.4 is 0 Å². The molecule has 0 atom stereocenters. The normalized spacial score (nSPS) is 10.8. The Balaban J connectivity index is 3.28. The Morgan fingerprint density at radius 1 is 1.42 bits per heavy atom. The number of rotatable bonds is 1. The van der Waals surface area contributed by atoms with Gasteiger partial charge in [-0.1, -0.05) is 23.2 Å². The first-order chi connectivity index (χ1) is 5.52. The second-order valence-corrected chi connectivity index (χ2v) is 2.72. The molecule has 0 saturated heterocycles. The van der Waals surface area contributed by atoms with Crippen molar-refractivity contribution < 1.29 is 13.9 Å². The Hall–Kier alpha value is -0.610. The highest BCUT2D eigenvalue weighted by Gasteiger charge is 2.17. The summed E-state index contributed by atoms with van der Waals surface area (Å²) in [7, 11) is 0. The highest BCUT2D eigenvalue weighted by Crippen LogP contribution is 2.34. The Morgan fingerprint density at radius 2 is 2.00 bits per heavy atom. The van der Waals surface area contributed by atoms with Gasteiger partial charge in [0.15, 0.2) is 10.9 Å². The van der Waals surface area contributed by atoms with Gasteiger partial charge in [-0.25, -0.2) is 13.8 Å². The average molecular weight is 214 g/mol. The maximum atomic E-state index is 12.1. The molecule has 0 fully saturated rings. The van der Waals surface area contributed by atoms with E-state index in [-0.39, 0.29) is 5.15 Å². The lowest BCUT2D eigenvalue weighted by Gasteiger charge is -2.04. The summed E-state index contributed by atoms with van der Waals surface area (Å²) in [4.78, 5) is 3.36. The molecule has 1 heterocycles. The molecule has 1 aromatic rings. The summed E-state index contributed by atoms with van der Waals surface area (Å²) >= 11 is 10.6. The maximum absolute atomic E-state index is 12.1. The van der Waals surface area contributed by atoms with Crippen LogP contribution in [0.1, 0.15) is 12.0 Å². The van der Waals surface area contributed by atoms with E-state index in [1.54, 1.807) is 0 Å². The Kier molecular flexibility index (Phi) is 2.69. The Bertz CT molecular complexity index is 306. The first-order valence-corrected chi connectivity index (χ1v) is 3.61. The summed E-state index contributed by atoms with van der Waals surface area (Å²) < 4.78 is 24.2. The lowest BCUT2D eigenvalue weighted by atomic mass is 10.2. The van der Waals surface area contributed by atoms with Crippen LogP contribution >= 0.6 is 23.2 Å². The largest absolute Gasteiger partial charge is 0.504 e. The second-order valence-electron chi connectivity index (χ2n) is 1.97. The topological polar surface area (TPSA) is 33.1 Å². The first kappa shape index (κ1) is 9.48. The third-order valence-electron chi connectivity index (χ3n) is 1.18. The summed E-state index contributed by atoms with van der Waals surface area (Å²) in [5.74, 6) is -0.726. The fourth-order valence-corrected chi connectivity index (χ4v) is 1.11. The summed E-state index contributed by atoms with van der Waals surface area (Å²) in [6, 6.07) is 0.868. The highest BCUT2D eigenvalue weighted by molar-refractivity contribution is 6.33. The number of aromatic nitrogens is 1. The smallest absolute Gasteiger partial charge is 0.267 e. The molecule has 0 aliphatic carbocycles. The SMILES string of the molecule is Oc1c(C(F)F)cc(Cl)nc1Cl. The van der Waals surface area contributed by atoms with Crippen LogP contribution in [0.15, 0.2) is 6.07 Å². The first-order valence-electron chi connectivity index (χ1n) is 2.85. The van der Waals surface area contributed by atoms with Crippen molar-refractivity contribution in [1.82, 2.24) is 4.98 Å². The minimum absolute atomic E-state index is 0.173. The quantitative estimate of drug-likeness (QED) is 0.728. The fourth-order valence-electron chi connectivity index (χ4n) is 0.661. The van der Waals surface area contributed by atoms with E-state index in [9.17, 15) is 8.78 Å². The third-order valence-corrected chi connectivity index (χ3v) is 1.64. The van der Waals surface area contributed by atoms with Crippen molar-refractivity contribution in [1.29, 1.82) is 0 Å². The van der Waals surface area contributed by atoms with Crippen molar-refractivity contribution in [2.24, 2.45) is 0 Å². The average Bonchev–Trinajstić information content (AvgIpc) is 1.96. The van der Waals surface area contributed by atoms with Crippen LogP contribution in [0, 0.1) is 0 Å². The van der Waals surface area contributed by atoms with E-state index in [0.717, 1.165) is 6.07 Å².